The van der Waals surface area contributed by atoms with Crippen LogP contribution in [0.25, 0.3) is 0 Å². The third-order valence-electron chi connectivity index (χ3n) is 3.35. The SMILES string of the molecule is CCc1ccc(C(O)C(C)n2ccc(C)n2)cc1. The first kappa shape index (κ1) is 12.8. The van der Waals surface area contributed by atoms with Gasteiger partial charge < -0.3 is 5.11 Å². The van der Waals surface area contributed by atoms with E-state index in [9.17, 15) is 5.11 Å². The van der Waals surface area contributed by atoms with Gasteiger partial charge in [-0.2, -0.15) is 5.10 Å². The molecule has 1 aromatic heterocycles. The summed E-state index contributed by atoms with van der Waals surface area (Å²) in [5, 5.41) is 14.7. The highest BCUT2D eigenvalue weighted by molar-refractivity contribution is 5.24. The molecule has 2 atom stereocenters. The molecule has 0 aliphatic carbocycles. The highest BCUT2D eigenvalue weighted by Crippen LogP contribution is 2.25. The fourth-order valence-electron chi connectivity index (χ4n) is 2.03. The smallest absolute Gasteiger partial charge is 0.101 e. The minimum absolute atomic E-state index is 0.0637. The average molecular weight is 244 g/mol. The van der Waals surface area contributed by atoms with Crippen molar-refractivity contribution in [3.05, 3.63) is 53.3 Å². The molecule has 0 aliphatic rings. The molecule has 0 spiro atoms. The van der Waals surface area contributed by atoms with E-state index in [1.165, 1.54) is 5.56 Å². The number of hydrogen-bond acceptors (Lipinski definition) is 2. The van der Waals surface area contributed by atoms with Crippen LogP contribution in [-0.4, -0.2) is 14.9 Å². The van der Waals surface area contributed by atoms with Crippen molar-refractivity contribution < 1.29 is 5.11 Å². The van der Waals surface area contributed by atoms with Crippen molar-refractivity contribution in [2.45, 2.75) is 39.3 Å². The maximum absolute atomic E-state index is 10.4. The van der Waals surface area contributed by atoms with Crippen molar-refractivity contribution in [3.63, 3.8) is 0 Å². The topological polar surface area (TPSA) is 38.0 Å². The Kier molecular flexibility index (Phi) is 3.82. The first-order valence-corrected chi connectivity index (χ1v) is 6.40. The first-order valence-electron chi connectivity index (χ1n) is 6.40. The number of nitrogens with zero attached hydrogens (tertiary/aromatic N) is 2. The largest absolute Gasteiger partial charge is 0.386 e. The fourth-order valence-corrected chi connectivity index (χ4v) is 2.03. The summed E-state index contributed by atoms with van der Waals surface area (Å²) in [4.78, 5) is 0. The summed E-state index contributed by atoms with van der Waals surface area (Å²) >= 11 is 0. The summed E-state index contributed by atoms with van der Waals surface area (Å²) in [6, 6.07) is 10.0. The molecule has 1 heterocycles. The van der Waals surface area contributed by atoms with E-state index < -0.39 is 6.10 Å². The first-order chi connectivity index (χ1) is 8.61. The highest BCUT2D eigenvalue weighted by Gasteiger charge is 2.18. The molecule has 2 aromatic rings. The lowest BCUT2D eigenvalue weighted by Crippen LogP contribution is -2.15. The van der Waals surface area contributed by atoms with Crippen molar-refractivity contribution in [1.29, 1.82) is 0 Å². The van der Waals surface area contributed by atoms with Crippen LogP contribution in [0.3, 0.4) is 0 Å². The van der Waals surface area contributed by atoms with Crippen molar-refractivity contribution in [2.24, 2.45) is 0 Å². The second-order valence-electron chi connectivity index (χ2n) is 4.72. The molecule has 3 heteroatoms. The van der Waals surface area contributed by atoms with E-state index >= 15 is 0 Å². The van der Waals surface area contributed by atoms with E-state index in [2.05, 4.69) is 24.2 Å². The van der Waals surface area contributed by atoms with Gasteiger partial charge in [0.2, 0.25) is 0 Å². The van der Waals surface area contributed by atoms with E-state index in [1.807, 2.05) is 42.9 Å². The van der Waals surface area contributed by atoms with Gasteiger partial charge >= 0.3 is 0 Å². The minimum Gasteiger partial charge on any atom is -0.386 e. The summed E-state index contributed by atoms with van der Waals surface area (Å²) in [6.07, 6.45) is 2.39. The molecule has 2 rings (SSSR count). The van der Waals surface area contributed by atoms with Gasteiger partial charge in [0.1, 0.15) is 6.10 Å². The van der Waals surface area contributed by atoms with Crippen LogP contribution >= 0.6 is 0 Å². The summed E-state index contributed by atoms with van der Waals surface area (Å²) in [5.41, 5.74) is 3.19. The van der Waals surface area contributed by atoms with E-state index in [1.54, 1.807) is 0 Å². The average Bonchev–Trinajstić information content (AvgIpc) is 2.84. The molecule has 96 valence electrons. The zero-order valence-electron chi connectivity index (χ0n) is 11.2. The molecule has 2 unspecified atom stereocenters. The standard InChI is InChI=1S/C15H20N2O/c1-4-13-5-7-14(8-6-13)15(18)12(3)17-10-9-11(2)16-17/h5-10,12,15,18H,4H2,1-3H3. The normalized spacial score (nSPS) is 14.4. The number of aromatic nitrogens is 2. The summed E-state index contributed by atoms with van der Waals surface area (Å²) in [6.45, 7) is 6.05. The zero-order valence-corrected chi connectivity index (χ0v) is 11.2. The molecular weight excluding hydrogens is 224 g/mol. The molecule has 0 radical (unpaired) electrons. The molecule has 0 amide bonds. The van der Waals surface area contributed by atoms with Gasteiger partial charge in [0.05, 0.1) is 11.7 Å². The van der Waals surface area contributed by atoms with Crippen LogP contribution in [0.4, 0.5) is 0 Å². The van der Waals surface area contributed by atoms with Gasteiger partial charge in [0, 0.05) is 6.20 Å². The number of benzene rings is 1. The molecule has 1 aromatic carbocycles. The van der Waals surface area contributed by atoms with Crippen molar-refractivity contribution in [1.82, 2.24) is 9.78 Å². The third-order valence-corrected chi connectivity index (χ3v) is 3.35. The van der Waals surface area contributed by atoms with Crippen molar-refractivity contribution in [2.75, 3.05) is 0 Å². The Labute approximate surface area is 108 Å². The molecule has 18 heavy (non-hydrogen) atoms. The molecular formula is C15H20N2O. The maximum atomic E-state index is 10.4. The Morgan fingerprint density at radius 1 is 1.22 bits per heavy atom. The highest BCUT2D eigenvalue weighted by atomic mass is 16.3. The van der Waals surface area contributed by atoms with E-state index in [0.29, 0.717) is 0 Å². The van der Waals surface area contributed by atoms with Crippen molar-refractivity contribution >= 4 is 0 Å². The van der Waals surface area contributed by atoms with Gasteiger partial charge in [-0.15, -0.1) is 0 Å². The van der Waals surface area contributed by atoms with Crippen LogP contribution in [0.15, 0.2) is 36.5 Å². The monoisotopic (exact) mass is 244 g/mol. The minimum atomic E-state index is -0.532. The van der Waals surface area contributed by atoms with Gasteiger partial charge in [-0.3, -0.25) is 4.68 Å². The van der Waals surface area contributed by atoms with E-state index in [-0.39, 0.29) is 6.04 Å². The molecule has 1 N–H and O–H groups in total. The molecule has 0 bridgehead atoms. The van der Waals surface area contributed by atoms with Gasteiger partial charge in [0.15, 0.2) is 0 Å². The van der Waals surface area contributed by atoms with Crippen LogP contribution < -0.4 is 0 Å². The molecule has 3 nitrogen and oxygen atoms in total. The van der Waals surface area contributed by atoms with Crippen LogP contribution in [0, 0.1) is 6.92 Å². The number of rotatable bonds is 4. The van der Waals surface area contributed by atoms with Crippen molar-refractivity contribution in [3.8, 4) is 0 Å². The Morgan fingerprint density at radius 3 is 2.39 bits per heavy atom. The number of aliphatic hydroxyl groups is 1. The van der Waals surface area contributed by atoms with Gasteiger partial charge in [-0.25, -0.2) is 0 Å². The second-order valence-corrected chi connectivity index (χ2v) is 4.72. The molecule has 0 saturated carbocycles. The molecule has 0 aliphatic heterocycles. The Bertz CT molecular complexity index is 501. The lowest BCUT2D eigenvalue weighted by Gasteiger charge is -2.20. The quantitative estimate of drug-likeness (QED) is 0.897. The van der Waals surface area contributed by atoms with Crippen LogP contribution in [0.2, 0.25) is 0 Å². The summed E-state index contributed by atoms with van der Waals surface area (Å²) in [7, 11) is 0. The summed E-state index contributed by atoms with van der Waals surface area (Å²) in [5.74, 6) is 0. The number of aliphatic hydroxyl groups excluding tert-OH is 1. The third kappa shape index (κ3) is 2.62. The predicted molar refractivity (Wildman–Crippen MR) is 72.5 cm³/mol. The number of aryl methyl sites for hydroxylation is 2. The van der Waals surface area contributed by atoms with Crippen LogP contribution in [-0.2, 0) is 6.42 Å². The van der Waals surface area contributed by atoms with Gasteiger partial charge in [0.25, 0.3) is 0 Å². The zero-order chi connectivity index (χ0) is 13.1. The van der Waals surface area contributed by atoms with Gasteiger partial charge in [-0.05, 0) is 37.5 Å². The molecule has 0 saturated heterocycles. The lowest BCUT2D eigenvalue weighted by atomic mass is 10.0. The Balaban J connectivity index is 2.16. The predicted octanol–water partition coefficient (Wildman–Crippen LogP) is 3.05. The fraction of sp³-hybridized carbons (Fsp3) is 0.400. The number of hydrogen-bond donors (Lipinski definition) is 1. The maximum Gasteiger partial charge on any atom is 0.101 e. The van der Waals surface area contributed by atoms with E-state index in [0.717, 1.165) is 17.7 Å². The van der Waals surface area contributed by atoms with Crippen LogP contribution in [0.5, 0.6) is 0 Å². The van der Waals surface area contributed by atoms with Crippen LogP contribution in [0.1, 0.15) is 42.8 Å². The van der Waals surface area contributed by atoms with E-state index in [4.69, 9.17) is 0 Å². The second kappa shape index (κ2) is 5.36. The lowest BCUT2D eigenvalue weighted by molar-refractivity contribution is 0.115. The Morgan fingerprint density at radius 2 is 1.89 bits per heavy atom. The Hall–Kier alpha value is -1.61. The molecule has 0 fully saturated rings. The van der Waals surface area contributed by atoms with Gasteiger partial charge in [-0.1, -0.05) is 31.2 Å². The summed E-state index contributed by atoms with van der Waals surface area (Å²) < 4.78 is 1.81.